The van der Waals surface area contributed by atoms with Crippen molar-refractivity contribution >= 4 is 0 Å². The Balaban J connectivity index is 1.79. The number of benzene rings is 1. The van der Waals surface area contributed by atoms with Gasteiger partial charge in [0.1, 0.15) is 11.9 Å². The molecule has 0 amide bonds. The van der Waals surface area contributed by atoms with E-state index in [1.807, 2.05) is 6.07 Å². The van der Waals surface area contributed by atoms with E-state index in [4.69, 9.17) is 15.2 Å². The van der Waals surface area contributed by atoms with Crippen LogP contribution in [0.2, 0.25) is 0 Å². The van der Waals surface area contributed by atoms with Crippen LogP contribution in [0.3, 0.4) is 0 Å². The molecule has 1 aromatic rings. The molecular formula is C12H15NO2. The van der Waals surface area contributed by atoms with E-state index in [0.717, 1.165) is 31.8 Å². The first kappa shape index (κ1) is 9.19. The maximum Gasteiger partial charge on any atom is 0.145 e. The van der Waals surface area contributed by atoms with Crippen molar-refractivity contribution in [3.05, 3.63) is 29.3 Å². The Hall–Kier alpha value is -1.06. The Morgan fingerprint density at radius 3 is 2.93 bits per heavy atom. The summed E-state index contributed by atoms with van der Waals surface area (Å²) in [6.45, 7) is 1.44. The van der Waals surface area contributed by atoms with Crippen LogP contribution >= 0.6 is 0 Å². The van der Waals surface area contributed by atoms with E-state index >= 15 is 0 Å². The second-order valence-corrected chi connectivity index (χ2v) is 4.28. The van der Waals surface area contributed by atoms with E-state index in [0.29, 0.717) is 0 Å². The van der Waals surface area contributed by atoms with Crippen molar-refractivity contribution in [1.29, 1.82) is 0 Å². The topological polar surface area (TPSA) is 44.5 Å². The first-order chi connectivity index (χ1) is 7.33. The molecule has 0 radical (unpaired) electrons. The minimum absolute atomic E-state index is 0.223. The normalized spacial score (nSPS) is 24.7. The van der Waals surface area contributed by atoms with Gasteiger partial charge >= 0.3 is 0 Å². The lowest BCUT2D eigenvalue weighted by Gasteiger charge is -2.26. The van der Waals surface area contributed by atoms with Crippen LogP contribution in [0.25, 0.3) is 0 Å². The number of aryl methyl sites for hydroxylation is 1. The quantitative estimate of drug-likeness (QED) is 0.794. The molecule has 1 aliphatic carbocycles. The maximum atomic E-state index is 5.97. The summed E-state index contributed by atoms with van der Waals surface area (Å²) in [6, 6.07) is 6.46. The van der Waals surface area contributed by atoms with Gasteiger partial charge in [0.25, 0.3) is 0 Å². The summed E-state index contributed by atoms with van der Waals surface area (Å²) in [5.74, 6) is 0.955. The first-order valence-electron chi connectivity index (χ1n) is 5.46. The van der Waals surface area contributed by atoms with Crippen molar-refractivity contribution in [3.8, 4) is 5.75 Å². The Bertz CT molecular complexity index is 374. The Morgan fingerprint density at radius 2 is 2.20 bits per heavy atom. The molecule has 80 valence electrons. The third kappa shape index (κ3) is 1.62. The fraction of sp³-hybridized carbons (Fsp3) is 0.500. The van der Waals surface area contributed by atoms with Crippen LogP contribution < -0.4 is 10.5 Å². The van der Waals surface area contributed by atoms with Gasteiger partial charge < -0.3 is 15.2 Å². The minimum Gasteiger partial charge on any atom is -0.486 e. The van der Waals surface area contributed by atoms with Crippen LogP contribution in [0.5, 0.6) is 5.75 Å². The van der Waals surface area contributed by atoms with E-state index < -0.39 is 0 Å². The zero-order chi connectivity index (χ0) is 10.3. The zero-order valence-electron chi connectivity index (χ0n) is 8.61. The monoisotopic (exact) mass is 205 g/mol. The van der Waals surface area contributed by atoms with Gasteiger partial charge in [0.15, 0.2) is 0 Å². The molecule has 0 bridgehead atoms. The number of fused-ring (bicyclic) bond motifs is 1. The number of ether oxygens (including phenoxy) is 2. The Morgan fingerprint density at radius 1 is 1.33 bits per heavy atom. The second-order valence-electron chi connectivity index (χ2n) is 4.28. The van der Waals surface area contributed by atoms with Crippen LogP contribution in [0.4, 0.5) is 0 Å². The molecule has 3 rings (SSSR count). The average Bonchev–Trinajstić information content (AvgIpc) is 2.54. The highest BCUT2D eigenvalue weighted by Crippen LogP contribution is 2.32. The molecule has 15 heavy (non-hydrogen) atoms. The fourth-order valence-corrected chi connectivity index (χ4v) is 2.17. The second kappa shape index (κ2) is 3.51. The van der Waals surface area contributed by atoms with Crippen LogP contribution in [0.15, 0.2) is 18.2 Å². The van der Waals surface area contributed by atoms with Gasteiger partial charge in [0.2, 0.25) is 0 Å². The Kier molecular flexibility index (Phi) is 2.15. The van der Waals surface area contributed by atoms with Gasteiger partial charge in [-0.05, 0) is 36.1 Å². The van der Waals surface area contributed by atoms with E-state index in [-0.39, 0.29) is 12.1 Å². The summed E-state index contributed by atoms with van der Waals surface area (Å²) in [7, 11) is 0. The van der Waals surface area contributed by atoms with E-state index in [1.165, 1.54) is 11.1 Å². The summed E-state index contributed by atoms with van der Waals surface area (Å²) < 4.78 is 10.8. The minimum atomic E-state index is 0.223. The molecule has 2 aliphatic rings. The molecule has 0 saturated carbocycles. The molecule has 1 aliphatic heterocycles. The van der Waals surface area contributed by atoms with Crippen LogP contribution in [-0.4, -0.2) is 19.3 Å². The van der Waals surface area contributed by atoms with E-state index in [1.54, 1.807) is 0 Å². The molecule has 1 atom stereocenters. The molecule has 0 spiro atoms. The van der Waals surface area contributed by atoms with Crippen molar-refractivity contribution in [3.63, 3.8) is 0 Å². The molecule has 2 N–H and O–H groups in total. The van der Waals surface area contributed by atoms with Crippen molar-refractivity contribution in [2.75, 3.05) is 13.2 Å². The van der Waals surface area contributed by atoms with Gasteiger partial charge in [-0.3, -0.25) is 0 Å². The fourth-order valence-electron chi connectivity index (χ4n) is 2.17. The first-order valence-corrected chi connectivity index (χ1v) is 5.46. The highest BCUT2D eigenvalue weighted by molar-refractivity contribution is 5.40. The van der Waals surface area contributed by atoms with Crippen molar-refractivity contribution < 1.29 is 9.47 Å². The van der Waals surface area contributed by atoms with E-state index in [9.17, 15) is 0 Å². The lowest BCUT2D eigenvalue weighted by molar-refractivity contribution is -0.0797. The highest BCUT2D eigenvalue weighted by Gasteiger charge is 2.22. The molecule has 1 fully saturated rings. The summed E-state index contributed by atoms with van der Waals surface area (Å²) in [5.41, 5.74) is 8.61. The van der Waals surface area contributed by atoms with Crippen molar-refractivity contribution in [1.82, 2.24) is 0 Å². The third-order valence-corrected chi connectivity index (χ3v) is 3.15. The van der Waals surface area contributed by atoms with Gasteiger partial charge in [-0.25, -0.2) is 0 Å². The Labute approximate surface area is 89.2 Å². The van der Waals surface area contributed by atoms with Crippen molar-refractivity contribution in [2.45, 2.75) is 25.0 Å². The summed E-state index contributed by atoms with van der Waals surface area (Å²) >= 11 is 0. The lowest BCUT2D eigenvalue weighted by atomic mass is 10.1. The summed E-state index contributed by atoms with van der Waals surface area (Å²) in [6.07, 6.45) is 2.39. The molecule has 0 aromatic heterocycles. The molecule has 1 aromatic carbocycles. The summed E-state index contributed by atoms with van der Waals surface area (Å²) in [5, 5.41) is 0. The SMILES string of the molecule is NC1CCc2cc(OC3COC3)ccc21. The van der Waals surface area contributed by atoms with Crippen molar-refractivity contribution in [2.24, 2.45) is 5.73 Å². The van der Waals surface area contributed by atoms with Crippen LogP contribution in [0, 0.1) is 0 Å². The molecule has 3 nitrogen and oxygen atoms in total. The number of hydrogen-bond acceptors (Lipinski definition) is 3. The standard InChI is InChI=1S/C12H15NO2/c13-12-4-1-8-5-9(2-3-11(8)12)15-10-6-14-7-10/h2-3,5,10,12H,1,4,6-7,13H2. The number of nitrogens with two attached hydrogens (primary N) is 1. The molecule has 3 heteroatoms. The average molecular weight is 205 g/mol. The smallest absolute Gasteiger partial charge is 0.145 e. The van der Waals surface area contributed by atoms with Gasteiger partial charge in [0.05, 0.1) is 13.2 Å². The van der Waals surface area contributed by atoms with Gasteiger partial charge in [-0.1, -0.05) is 6.07 Å². The zero-order valence-corrected chi connectivity index (χ0v) is 8.61. The molecule has 1 heterocycles. The van der Waals surface area contributed by atoms with Gasteiger partial charge in [-0.2, -0.15) is 0 Å². The molecule has 1 unspecified atom stereocenters. The third-order valence-electron chi connectivity index (χ3n) is 3.15. The van der Waals surface area contributed by atoms with Crippen LogP contribution in [0.1, 0.15) is 23.6 Å². The number of hydrogen-bond donors (Lipinski definition) is 1. The predicted octanol–water partition coefficient (Wildman–Crippen LogP) is 1.41. The number of rotatable bonds is 2. The van der Waals surface area contributed by atoms with Gasteiger partial charge in [0, 0.05) is 6.04 Å². The lowest BCUT2D eigenvalue weighted by Crippen LogP contribution is -2.38. The maximum absolute atomic E-state index is 5.97. The van der Waals surface area contributed by atoms with Gasteiger partial charge in [-0.15, -0.1) is 0 Å². The van der Waals surface area contributed by atoms with Crippen LogP contribution in [-0.2, 0) is 11.2 Å². The van der Waals surface area contributed by atoms with E-state index in [2.05, 4.69) is 12.1 Å². The largest absolute Gasteiger partial charge is 0.486 e. The molecular weight excluding hydrogens is 190 g/mol. The highest BCUT2D eigenvalue weighted by atomic mass is 16.6. The molecule has 1 saturated heterocycles. The predicted molar refractivity (Wildman–Crippen MR) is 56.9 cm³/mol. The summed E-state index contributed by atoms with van der Waals surface area (Å²) in [4.78, 5) is 0.